The van der Waals surface area contributed by atoms with Gasteiger partial charge in [-0.05, 0) is 31.5 Å². The van der Waals surface area contributed by atoms with E-state index < -0.39 is 0 Å². The fourth-order valence-electron chi connectivity index (χ4n) is 2.58. The molecule has 7 nitrogen and oxygen atoms in total. The molecule has 0 spiro atoms. The Kier molecular flexibility index (Phi) is 4.98. The Labute approximate surface area is 141 Å². The molecule has 1 unspecified atom stereocenters. The van der Waals surface area contributed by atoms with Crippen molar-refractivity contribution < 1.29 is 14.1 Å². The van der Waals surface area contributed by atoms with Crippen LogP contribution in [0.3, 0.4) is 0 Å². The smallest absolute Gasteiger partial charge is 0.414 e. The first kappa shape index (κ1) is 16.3. The molecule has 1 aromatic heterocycles. The number of cyclic esters (lactones) is 1. The summed E-state index contributed by atoms with van der Waals surface area (Å²) >= 11 is 0. The van der Waals surface area contributed by atoms with Crippen LogP contribution in [-0.4, -0.2) is 29.4 Å². The Balaban J connectivity index is 1.67. The number of unbranched alkanes of at least 4 members (excludes halogenated alkanes) is 1. The molecule has 1 fully saturated rings. The molecule has 24 heavy (non-hydrogen) atoms. The lowest BCUT2D eigenvalue weighted by molar-refractivity contribution is 0.181. The van der Waals surface area contributed by atoms with Crippen LogP contribution in [0.15, 0.2) is 28.8 Å². The number of hydrogen-bond acceptors (Lipinski definition) is 6. The molecule has 1 aliphatic heterocycles. The van der Waals surface area contributed by atoms with E-state index in [0.717, 1.165) is 36.5 Å². The molecule has 1 atom stereocenters. The van der Waals surface area contributed by atoms with Crippen molar-refractivity contribution in [2.75, 3.05) is 23.4 Å². The van der Waals surface area contributed by atoms with Crippen molar-refractivity contribution in [1.29, 1.82) is 0 Å². The van der Waals surface area contributed by atoms with Gasteiger partial charge >= 0.3 is 6.09 Å². The summed E-state index contributed by atoms with van der Waals surface area (Å²) in [5.74, 6) is 1.31. The van der Waals surface area contributed by atoms with Crippen LogP contribution in [0.4, 0.5) is 16.2 Å². The molecule has 1 aromatic carbocycles. The third-order valence-electron chi connectivity index (χ3n) is 3.91. The molecule has 0 bridgehead atoms. The van der Waals surface area contributed by atoms with Gasteiger partial charge in [-0.1, -0.05) is 24.6 Å². The van der Waals surface area contributed by atoms with E-state index in [4.69, 9.17) is 9.26 Å². The van der Waals surface area contributed by atoms with Gasteiger partial charge in [0.1, 0.15) is 12.6 Å². The lowest BCUT2D eigenvalue weighted by atomic mass is 10.2. The van der Waals surface area contributed by atoms with Crippen LogP contribution in [0, 0.1) is 0 Å². The standard InChI is InChI=1S/C17H22N4O3/c1-3-4-8-15-19-16(24-20-15)12(2)18-13-6-5-7-14(11-13)21-9-10-23-17(21)22/h5-7,11-12,18H,3-4,8-10H2,1-2H3. The molecule has 0 radical (unpaired) electrons. The zero-order valence-electron chi connectivity index (χ0n) is 14.0. The number of nitrogens with one attached hydrogen (secondary N) is 1. The van der Waals surface area contributed by atoms with E-state index >= 15 is 0 Å². The van der Waals surface area contributed by atoms with Gasteiger partial charge in [-0.15, -0.1) is 0 Å². The summed E-state index contributed by atoms with van der Waals surface area (Å²) in [6.07, 6.45) is 2.68. The summed E-state index contributed by atoms with van der Waals surface area (Å²) in [5.41, 5.74) is 1.69. The topological polar surface area (TPSA) is 80.5 Å². The molecule has 1 saturated heterocycles. The predicted molar refractivity (Wildman–Crippen MR) is 90.1 cm³/mol. The zero-order chi connectivity index (χ0) is 16.9. The first-order chi connectivity index (χ1) is 11.7. The third kappa shape index (κ3) is 3.67. The van der Waals surface area contributed by atoms with Crippen molar-refractivity contribution in [1.82, 2.24) is 10.1 Å². The van der Waals surface area contributed by atoms with Crippen molar-refractivity contribution in [2.24, 2.45) is 0 Å². The normalized spacial score (nSPS) is 15.4. The van der Waals surface area contributed by atoms with Gasteiger partial charge in [0.05, 0.1) is 6.54 Å². The van der Waals surface area contributed by atoms with E-state index in [1.807, 2.05) is 31.2 Å². The van der Waals surface area contributed by atoms with E-state index in [2.05, 4.69) is 22.4 Å². The average molecular weight is 330 g/mol. The average Bonchev–Trinajstić information content (AvgIpc) is 3.22. The van der Waals surface area contributed by atoms with Crippen LogP contribution in [0.1, 0.15) is 44.4 Å². The highest BCUT2D eigenvalue weighted by molar-refractivity contribution is 5.89. The Morgan fingerprint density at radius 3 is 3.04 bits per heavy atom. The monoisotopic (exact) mass is 330 g/mol. The minimum Gasteiger partial charge on any atom is -0.447 e. The number of amides is 1. The number of aromatic nitrogens is 2. The zero-order valence-corrected chi connectivity index (χ0v) is 14.0. The number of anilines is 2. The number of carbonyl (C=O) groups is 1. The number of aryl methyl sites for hydroxylation is 1. The Hall–Kier alpha value is -2.57. The van der Waals surface area contributed by atoms with Gasteiger partial charge in [-0.3, -0.25) is 4.90 Å². The van der Waals surface area contributed by atoms with E-state index in [-0.39, 0.29) is 12.1 Å². The van der Waals surface area contributed by atoms with Crippen LogP contribution >= 0.6 is 0 Å². The van der Waals surface area contributed by atoms with Crippen molar-refractivity contribution >= 4 is 17.5 Å². The van der Waals surface area contributed by atoms with Crippen molar-refractivity contribution in [2.45, 2.75) is 39.2 Å². The summed E-state index contributed by atoms with van der Waals surface area (Å²) in [4.78, 5) is 17.7. The summed E-state index contributed by atoms with van der Waals surface area (Å²) < 4.78 is 10.3. The van der Waals surface area contributed by atoms with Gasteiger partial charge < -0.3 is 14.6 Å². The van der Waals surface area contributed by atoms with Gasteiger partial charge in [-0.2, -0.15) is 4.98 Å². The summed E-state index contributed by atoms with van der Waals surface area (Å²) in [6, 6.07) is 7.52. The molecule has 2 heterocycles. The lowest BCUT2D eigenvalue weighted by Crippen LogP contribution is -2.23. The largest absolute Gasteiger partial charge is 0.447 e. The molecule has 128 valence electrons. The Bertz CT molecular complexity index is 701. The van der Waals surface area contributed by atoms with E-state index in [1.165, 1.54) is 0 Å². The highest BCUT2D eigenvalue weighted by Gasteiger charge is 2.23. The Morgan fingerprint density at radius 1 is 1.42 bits per heavy atom. The molecule has 1 aliphatic rings. The second kappa shape index (κ2) is 7.33. The number of benzene rings is 1. The van der Waals surface area contributed by atoms with Crippen molar-refractivity contribution in [3.05, 3.63) is 36.0 Å². The van der Waals surface area contributed by atoms with Crippen LogP contribution in [0.2, 0.25) is 0 Å². The molecule has 0 aliphatic carbocycles. The molecular weight excluding hydrogens is 308 g/mol. The number of rotatable bonds is 7. The van der Waals surface area contributed by atoms with Gasteiger partial charge in [0.15, 0.2) is 5.82 Å². The number of hydrogen-bond donors (Lipinski definition) is 1. The van der Waals surface area contributed by atoms with Gasteiger partial charge in [0.2, 0.25) is 5.89 Å². The van der Waals surface area contributed by atoms with Crippen molar-refractivity contribution in [3.63, 3.8) is 0 Å². The molecular formula is C17H22N4O3. The number of nitrogens with zero attached hydrogens (tertiary/aromatic N) is 3. The van der Waals surface area contributed by atoms with Crippen molar-refractivity contribution in [3.8, 4) is 0 Å². The molecule has 7 heteroatoms. The highest BCUT2D eigenvalue weighted by atomic mass is 16.6. The minimum atomic E-state index is -0.308. The summed E-state index contributed by atoms with van der Waals surface area (Å²) in [5, 5.41) is 7.34. The lowest BCUT2D eigenvalue weighted by Gasteiger charge is -2.16. The van der Waals surface area contributed by atoms with E-state index in [0.29, 0.717) is 19.0 Å². The second-order valence-corrected chi connectivity index (χ2v) is 5.83. The maximum Gasteiger partial charge on any atom is 0.414 e. The Morgan fingerprint density at radius 2 is 2.29 bits per heavy atom. The minimum absolute atomic E-state index is 0.117. The van der Waals surface area contributed by atoms with Crippen LogP contribution < -0.4 is 10.2 Å². The second-order valence-electron chi connectivity index (χ2n) is 5.83. The fraction of sp³-hybridized carbons (Fsp3) is 0.471. The fourth-order valence-corrected chi connectivity index (χ4v) is 2.58. The molecule has 1 N–H and O–H groups in total. The van der Waals surface area contributed by atoms with Crippen LogP contribution in [0.25, 0.3) is 0 Å². The molecule has 1 amide bonds. The third-order valence-corrected chi connectivity index (χ3v) is 3.91. The van der Waals surface area contributed by atoms with Crippen LogP contribution in [0.5, 0.6) is 0 Å². The maximum atomic E-state index is 11.7. The van der Waals surface area contributed by atoms with E-state index in [1.54, 1.807) is 4.90 Å². The highest BCUT2D eigenvalue weighted by Crippen LogP contribution is 2.25. The van der Waals surface area contributed by atoms with Gasteiger partial charge in [0, 0.05) is 17.8 Å². The van der Waals surface area contributed by atoms with Gasteiger partial charge in [-0.25, -0.2) is 4.79 Å². The predicted octanol–water partition coefficient (Wildman–Crippen LogP) is 3.54. The number of carbonyl (C=O) groups excluding carboxylic acids is 1. The molecule has 2 aromatic rings. The first-order valence-electron chi connectivity index (χ1n) is 8.30. The maximum absolute atomic E-state index is 11.7. The first-order valence-corrected chi connectivity index (χ1v) is 8.30. The summed E-state index contributed by atoms with van der Waals surface area (Å²) in [7, 11) is 0. The quantitative estimate of drug-likeness (QED) is 0.836. The molecule has 0 saturated carbocycles. The number of ether oxygens (including phenoxy) is 1. The van der Waals surface area contributed by atoms with E-state index in [9.17, 15) is 4.79 Å². The summed E-state index contributed by atoms with van der Waals surface area (Å²) in [6.45, 7) is 5.10. The molecule has 3 rings (SSSR count). The van der Waals surface area contributed by atoms with Gasteiger partial charge in [0.25, 0.3) is 0 Å². The van der Waals surface area contributed by atoms with Crippen LogP contribution in [-0.2, 0) is 11.2 Å². The SMILES string of the molecule is CCCCc1noc(C(C)Nc2cccc(N3CCOC3=O)c2)n1.